The SMILES string of the molecule is C#CC(CC)(CC)NC(=O)CCC(=O)c1ccc(OCC)cc1. The van der Waals surface area contributed by atoms with Gasteiger partial charge in [0, 0.05) is 18.4 Å². The van der Waals surface area contributed by atoms with Gasteiger partial charge in [0.25, 0.3) is 0 Å². The minimum Gasteiger partial charge on any atom is -0.494 e. The van der Waals surface area contributed by atoms with Crippen LogP contribution in [0.3, 0.4) is 0 Å². The molecule has 1 N–H and O–H groups in total. The molecule has 0 heterocycles. The van der Waals surface area contributed by atoms with E-state index in [4.69, 9.17) is 11.2 Å². The van der Waals surface area contributed by atoms with Gasteiger partial charge >= 0.3 is 0 Å². The van der Waals surface area contributed by atoms with Crippen LogP contribution in [0.5, 0.6) is 5.75 Å². The molecular weight excluding hydrogens is 290 g/mol. The molecule has 124 valence electrons. The van der Waals surface area contributed by atoms with E-state index in [0.717, 1.165) is 5.75 Å². The first-order valence-electron chi connectivity index (χ1n) is 8.05. The highest BCUT2D eigenvalue weighted by molar-refractivity contribution is 5.98. The van der Waals surface area contributed by atoms with Crippen molar-refractivity contribution in [2.24, 2.45) is 0 Å². The summed E-state index contributed by atoms with van der Waals surface area (Å²) in [4.78, 5) is 24.2. The van der Waals surface area contributed by atoms with Crippen LogP contribution in [0.25, 0.3) is 0 Å². The van der Waals surface area contributed by atoms with Gasteiger partial charge in [-0.05, 0) is 44.0 Å². The lowest BCUT2D eigenvalue weighted by molar-refractivity contribution is -0.122. The molecule has 0 aromatic heterocycles. The van der Waals surface area contributed by atoms with Crippen LogP contribution < -0.4 is 10.1 Å². The highest BCUT2D eigenvalue weighted by Crippen LogP contribution is 2.16. The largest absolute Gasteiger partial charge is 0.494 e. The monoisotopic (exact) mass is 315 g/mol. The summed E-state index contributed by atoms with van der Waals surface area (Å²) < 4.78 is 5.34. The predicted octanol–water partition coefficient (Wildman–Crippen LogP) is 3.36. The first-order chi connectivity index (χ1) is 11.0. The molecule has 1 rings (SSSR count). The van der Waals surface area contributed by atoms with E-state index in [0.29, 0.717) is 25.0 Å². The summed E-state index contributed by atoms with van der Waals surface area (Å²) >= 11 is 0. The number of nitrogens with one attached hydrogen (secondary N) is 1. The number of carbonyl (C=O) groups is 2. The van der Waals surface area contributed by atoms with E-state index in [1.807, 2.05) is 20.8 Å². The summed E-state index contributed by atoms with van der Waals surface area (Å²) in [5.74, 6) is 3.12. The lowest BCUT2D eigenvalue weighted by atomic mass is 9.93. The van der Waals surface area contributed by atoms with E-state index in [2.05, 4.69) is 11.2 Å². The molecule has 0 saturated heterocycles. The first-order valence-corrected chi connectivity index (χ1v) is 8.05. The van der Waals surface area contributed by atoms with Gasteiger partial charge in [0.05, 0.1) is 6.61 Å². The molecule has 0 saturated carbocycles. The summed E-state index contributed by atoms with van der Waals surface area (Å²) in [5.41, 5.74) is -0.0327. The Morgan fingerprint density at radius 2 is 1.74 bits per heavy atom. The van der Waals surface area contributed by atoms with Crippen molar-refractivity contribution in [3.05, 3.63) is 29.8 Å². The Labute approximate surface area is 138 Å². The molecule has 4 heteroatoms. The third kappa shape index (κ3) is 5.45. The van der Waals surface area contributed by atoms with Gasteiger partial charge in [0.1, 0.15) is 11.3 Å². The smallest absolute Gasteiger partial charge is 0.221 e. The highest BCUT2D eigenvalue weighted by Gasteiger charge is 2.25. The number of hydrogen-bond acceptors (Lipinski definition) is 3. The minimum absolute atomic E-state index is 0.0671. The van der Waals surface area contributed by atoms with Crippen LogP contribution in [0.2, 0.25) is 0 Å². The Bertz CT molecular complexity index is 565. The molecule has 0 bridgehead atoms. The molecule has 1 amide bonds. The normalized spacial score (nSPS) is 10.7. The lowest BCUT2D eigenvalue weighted by Gasteiger charge is -2.27. The number of Topliss-reactive ketones (excluding diaryl/α,β-unsaturated/α-hetero) is 1. The lowest BCUT2D eigenvalue weighted by Crippen LogP contribution is -2.46. The maximum Gasteiger partial charge on any atom is 0.221 e. The molecular formula is C19H25NO3. The van der Waals surface area contributed by atoms with Crippen LogP contribution in [0.1, 0.15) is 56.8 Å². The zero-order chi connectivity index (χ0) is 17.3. The maximum atomic E-state index is 12.1. The molecule has 1 aromatic carbocycles. The minimum atomic E-state index is -0.612. The number of amides is 1. The Morgan fingerprint density at radius 3 is 2.22 bits per heavy atom. The number of carbonyl (C=O) groups excluding carboxylic acids is 2. The van der Waals surface area contributed by atoms with Gasteiger partial charge in [-0.25, -0.2) is 0 Å². The molecule has 23 heavy (non-hydrogen) atoms. The molecule has 0 unspecified atom stereocenters. The fourth-order valence-electron chi connectivity index (χ4n) is 2.27. The molecule has 1 aromatic rings. The zero-order valence-corrected chi connectivity index (χ0v) is 14.1. The van der Waals surface area contributed by atoms with Crippen molar-refractivity contribution in [1.29, 1.82) is 0 Å². The van der Waals surface area contributed by atoms with E-state index in [1.54, 1.807) is 24.3 Å². The summed E-state index contributed by atoms with van der Waals surface area (Å²) in [5, 5.41) is 2.86. The number of rotatable bonds is 9. The van der Waals surface area contributed by atoms with Crippen molar-refractivity contribution in [3.63, 3.8) is 0 Å². The van der Waals surface area contributed by atoms with Gasteiger partial charge in [0.15, 0.2) is 5.78 Å². The van der Waals surface area contributed by atoms with E-state index >= 15 is 0 Å². The van der Waals surface area contributed by atoms with E-state index < -0.39 is 5.54 Å². The summed E-state index contributed by atoms with van der Waals surface area (Å²) in [6, 6.07) is 6.95. The van der Waals surface area contributed by atoms with Gasteiger partial charge in [-0.3, -0.25) is 9.59 Å². The van der Waals surface area contributed by atoms with Gasteiger partial charge in [-0.15, -0.1) is 6.42 Å². The fraction of sp³-hybridized carbons (Fsp3) is 0.474. The zero-order valence-electron chi connectivity index (χ0n) is 14.1. The Morgan fingerprint density at radius 1 is 1.13 bits per heavy atom. The molecule has 0 atom stereocenters. The maximum absolute atomic E-state index is 12.1. The first kappa shape index (κ1) is 18.8. The standard InChI is InChI=1S/C19H25NO3/c1-5-19(6-2,7-3)20-18(22)14-13-17(21)15-9-11-16(12-10-15)23-8-4/h1,9-12H,6-8,13-14H2,2-4H3,(H,20,22). The second kappa shape index (κ2) is 8.99. The molecule has 0 fully saturated rings. The van der Waals surface area contributed by atoms with Crippen molar-refractivity contribution in [2.75, 3.05) is 6.61 Å². The predicted molar refractivity (Wildman–Crippen MR) is 91.5 cm³/mol. The van der Waals surface area contributed by atoms with Crippen molar-refractivity contribution >= 4 is 11.7 Å². The second-order valence-corrected chi connectivity index (χ2v) is 5.36. The van der Waals surface area contributed by atoms with Gasteiger partial charge < -0.3 is 10.1 Å². The Hall–Kier alpha value is -2.28. The van der Waals surface area contributed by atoms with E-state index in [1.165, 1.54) is 0 Å². The highest BCUT2D eigenvalue weighted by atomic mass is 16.5. The summed E-state index contributed by atoms with van der Waals surface area (Å²) in [6.07, 6.45) is 7.14. The van der Waals surface area contributed by atoms with E-state index in [-0.39, 0.29) is 24.5 Å². The van der Waals surface area contributed by atoms with Crippen molar-refractivity contribution in [1.82, 2.24) is 5.32 Å². The molecule has 0 aliphatic rings. The topological polar surface area (TPSA) is 55.4 Å². The number of hydrogen-bond donors (Lipinski definition) is 1. The molecule has 4 nitrogen and oxygen atoms in total. The quantitative estimate of drug-likeness (QED) is 0.561. The number of benzene rings is 1. The Balaban J connectivity index is 2.55. The number of terminal acetylenes is 1. The van der Waals surface area contributed by atoms with Crippen LogP contribution in [-0.4, -0.2) is 23.8 Å². The fourth-order valence-corrected chi connectivity index (χ4v) is 2.27. The van der Waals surface area contributed by atoms with Crippen LogP contribution in [0.15, 0.2) is 24.3 Å². The molecule has 0 spiro atoms. The number of ether oxygens (including phenoxy) is 1. The van der Waals surface area contributed by atoms with Crippen LogP contribution >= 0.6 is 0 Å². The second-order valence-electron chi connectivity index (χ2n) is 5.36. The summed E-state index contributed by atoms with van der Waals surface area (Å²) in [7, 11) is 0. The summed E-state index contributed by atoms with van der Waals surface area (Å²) in [6.45, 7) is 6.36. The average Bonchev–Trinajstić information content (AvgIpc) is 2.58. The van der Waals surface area contributed by atoms with Gasteiger partial charge in [-0.1, -0.05) is 19.8 Å². The third-order valence-electron chi connectivity index (χ3n) is 3.93. The van der Waals surface area contributed by atoms with Crippen LogP contribution in [-0.2, 0) is 4.79 Å². The van der Waals surface area contributed by atoms with Gasteiger partial charge in [-0.2, -0.15) is 0 Å². The van der Waals surface area contributed by atoms with Gasteiger partial charge in [0.2, 0.25) is 5.91 Å². The van der Waals surface area contributed by atoms with Crippen molar-refractivity contribution in [2.45, 2.75) is 52.0 Å². The average molecular weight is 315 g/mol. The van der Waals surface area contributed by atoms with Crippen molar-refractivity contribution in [3.8, 4) is 18.1 Å². The molecule has 0 radical (unpaired) electrons. The van der Waals surface area contributed by atoms with E-state index in [9.17, 15) is 9.59 Å². The van der Waals surface area contributed by atoms with Crippen LogP contribution in [0, 0.1) is 12.3 Å². The number of ketones is 1. The van der Waals surface area contributed by atoms with Crippen LogP contribution in [0.4, 0.5) is 0 Å². The molecule has 0 aliphatic heterocycles. The molecule has 0 aliphatic carbocycles. The third-order valence-corrected chi connectivity index (χ3v) is 3.93. The Kier molecular flexibility index (Phi) is 7.34. The van der Waals surface area contributed by atoms with Crippen molar-refractivity contribution < 1.29 is 14.3 Å².